The molecular weight excluding hydrogens is 176 g/mol. The summed E-state index contributed by atoms with van der Waals surface area (Å²) < 4.78 is 25.5. The van der Waals surface area contributed by atoms with Crippen molar-refractivity contribution in [1.82, 2.24) is 4.98 Å². The molecule has 0 bridgehead atoms. The molecule has 0 aliphatic heterocycles. The van der Waals surface area contributed by atoms with Crippen LogP contribution in [0.25, 0.3) is 0 Å². The van der Waals surface area contributed by atoms with Gasteiger partial charge in [-0.1, -0.05) is 0 Å². The maximum absolute atomic E-state index is 12.8. The van der Waals surface area contributed by atoms with Crippen molar-refractivity contribution in [2.75, 3.05) is 18.1 Å². The van der Waals surface area contributed by atoms with Crippen molar-refractivity contribution < 1.29 is 8.78 Å². The highest BCUT2D eigenvalue weighted by Crippen LogP contribution is 2.27. The van der Waals surface area contributed by atoms with E-state index in [1.807, 2.05) is 0 Å². The number of anilines is 2. The minimum atomic E-state index is -2.93. The summed E-state index contributed by atoms with van der Waals surface area (Å²) in [6, 6.07) is 2.63. The van der Waals surface area contributed by atoms with Gasteiger partial charge in [-0.3, -0.25) is 0 Å². The molecule has 0 saturated heterocycles. The summed E-state index contributed by atoms with van der Waals surface area (Å²) >= 11 is 0. The number of hydrogen-bond acceptors (Lipinski definition) is 3. The van der Waals surface area contributed by atoms with E-state index >= 15 is 0 Å². The van der Waals surface area contributed by atoms with Crippen molar-refractivity contribution in [1.29, 1.82) is 0 Å². The highest BCUT2D eigenvalue weighted by molar-refractivity contribution is 5.60. The molecule has 72 valence electrons. The number of aromatic nitrogens is 1. The largest absolute Gasteiger partial charge is 0.396 e. The number of nitrogens with one attached hydrogen (secondary N) is 1. The molecule has 1 rings (SSSR count). The molecule has 5 heteroatoms. The van der Waals surface area contributed by atoms with Gasteiger partial charge >= 0.3 is 0 Å². The minimum absolute atomic E-state index is 0.277. The Labute approximate surface area is 75.0 Å². The molecule has 0 radical (unpaired) electrons. The molecule has 3 N–H and O–H groups in total. The Hall–Kier alpha value is -1.39. The van der Waals surface area contributed by atoms with Gasteiger partial charge in [-0.2, -0.15) is 8.78 Å². The van der Waals surface area contributed by atoms with Gasteiger partial charge in [0.05, 0.1) is 5.69 Å². The van der Waals surface area contributed by atoms with Crippen LogP contribution in [0.15, 0.2) is 12.1 Å². The Balaban J connectivity index is 3.14. The normalized spacial score (nSPS) is 11.4. The van der Waals surface area contributed by atoms with Crippen molar-refractivity contribution in [3.63, 3.8) is 0 Å². The van der Waals surface area contributed by atoms with E-state index in [0.29, 0.717) is 5.69 Å². The topological polar surface area (TPSA) is 50.9 Å². The molecule has 13 heavy (non-hydrogen) atoms. The number of nitrogen functional groups attached to an aromatic ring is 1. The molecule has 0 unspecified atom stereocenters. The predicted molar refractivity (Wildman–Crippen MR) is 47.8 cm³/mol. The Kier molecular flexibility index (Phi) is 2.36. The van der Waals surface area contributed by atoms with Crippen LogP contribution >= 0.6 is 0 Å². The second kappa shape index (κ2) is 3.16. The monoisotopic (exact) mass is 187 g/mol. The third-order valence-corrected chi connectivity index (χ3v) is 1.61. The Morgan fingerprint density at radius 1 is 1.46 bits per heavy atom. The van der Waals surface area contributed by atoms with Crippen LogP contribution in [-0.2, 0) is 5.92 Å². The second-order valence-corrected chi connectivity index (χ2v) is 2.77. The van der Waals surface area contributed by atoms with Gasteiger partial charge in [0, 0.05) is 14.0 Å². The first kappa shape index (κ1) is 9.70. The molecule has 0 atom stereocenters. The fourth-order valence-electron chi connectivity index (χ4n) is 0.915. The lowest BCUT2D eigenvalue weighted by Crippen LogP contribution is -2.11. The van der Waals surface area contributed by atoms with Crippen LogP contribution in [-0.4, -0.2) is 12.0 Å². The summed E-state index contributed by atoms with van der Waals surface area (Å²) in [5.74, 6) is -2.65. The standard InChI is InChI=1S/C8H11F2N3/c1-8(9,10)6-4-3-5(11)7(12-2)13-6/h3-4H,11H2,1-2H3,(H,12,13). The van der Waals surface area contributed by atoms with Crippen LogP contribution in [0.4, 0.5) is 20.3 Å². The van der Waals surface area contributed by atoms with Crippen LogP contribution in [0.2, 0.25) is 0 Å². The summed E-state index contributed by atoms with van der Waals surface area (Å²) in [6.07, 6.45) is 0. The maximum atomic E-state index is 12.8. The number of nitrogens with two attached hydrogens (primary N) is 1. The number of halogens is 2. The summed E-state index contributed by atoms with van der Waals surface area (Å²) in [7, 11) is 1.58. The van der Waals surface area contributed by atoms with Crippen molar-refractivity contribution in [2.45, 2.75) is 12.8 Å². The zero-order valence-corrected chi connectivity index (χ0v) is 7.44. The maximum Gasteiger partial charge on any atom is 0.287 e. The Bertz CT molecular complexity index is 307. The number of nitrogens with zero attached hydrogens (tertiary/aromatic N) is 1. The van der Waals surface area contributed by atoms with Gasteiger partial charge in [-0.25, -0.2) is 4.98 Å². The summed E-state index contributed by atoms with van der Waals surface area (Å²) in [5.41, 5.74) is 5.54. The average Bonchev–Trinajstić information content (AvgIpc) is 2.03. The highest BCUT2D eigenvalue weighted by Gasteiger charge is 2.26. The average molecular weight is 187 g/mol. The number of pyridine rings is 1. The lowest BCUT2D eigenvalue weighted by atomic mass is 10.2. The summed E-state index contributed by atoms with van der Waals surface area (Å²) in [6.45, 7) is 0.797. The zero-order chi connectivity index (χ0) is 10.1. The van der Waals surface area contributed by atoms with E-state index in [2.05, 4.69) is 10.3 Å². The van der Waals surface area contributed by atoms with E-state index in [-0.39, 0.29) is 11.5 Å². The number of alkyl halides is 2. The first-order chi connectivity index (χ1) is 5.95. The molecule has 1 aromatic heterocycles. The molecule has 0 aromatic carbocycles. The van der Waals surface area contributed by atoms with Crippen LogP contribution < -0.4 is 11.1 Å². The van der Waals surface area contributed by atoms with Crippen LogP contribution in [0, 0.1) is 0 Å². The Morgan fingerprint density at radius 3 is 2.54 bits per heavy atom. The smallest absolute Gasteiger partial charge is 0.287 e. The summed E-state index contributed by atoms with van der Waals surface area (Å²) in [4.78, 5) is 3.68. The number of hydrogen-bond donors (Lipinski definition) is 2. The summed E-state index contributed by atoms with van der Waals surface area (Å²) in [5, 5.41) is 2.64. The fourth-order valence-corrected chi connectivity index (χ4v) is 0.915. The van der Waals surface area contributed by atoms with Gasteiger partial charge in [-0.15, -0.1) is 0 Å². The Morgan fingerprint density at radius 2 is 2.08 bits per heavy atom. The van der Waals surface area contributed by atoms with Crippen molar-refractivity contribution in [3.8, 4) is 0 Å². The van der Waals surface area contributed by atoms with E-state index in [4.69, 9.17) is 5.73 Å². The van der Waals surface area contributed by atoms with Gasteiger partial charge < -0.3 is 11.1 Å². The minimum Gasteiger partial charge on any atom is -0.396 e. The van der Waals surface area contributed by atoms with E-state index in [1.165, 1.54) is 12.1 Å². The highest BCUT2D eigenvalue weighted by atomic mass is 19.3. The van der Waals surface area contributed by atoms with Gasteiger partial charge in [0.25, 0.3) is 5.92 Å². The molecule has 3 nitrogen and oxygen atoms in total. The first-order valence-electron chi connectivity index (χ1n) is 3.77. The van der Waals surface area contributed by atoms with Crippen LogP contribution in [0.5, 0.6) is 0 Å². The van der Waals surface area contributed by atoms with E-state index in [0.717, 1.165) is 6.92 Å². The second-order valence-electron chi connectivity index (χ2n) is 2.77. The molecule has 0 saturated carbocycles. The van der Waals surface area contributed by atoms with E-state index < -0.39 is 5.92 Å². The molecule has 1 aromatic rings. The third kappa shape index (κ3) is 2.05. The molecule has 1 heterocycles. The first-order valence-corrected chi connectivity index (χ1v) is 3.77. The predicted octanol–water partition coefficient (Wildman–Crippen LogP) is 1.82. The lowest BCUT2D eigenvalue weighted by Gasteiger charge is -2.11. The quantitative estimate of drug-likeness (QED) is 0.742. The molecule has 0 amide bonds. The van der Waals surface area contributed by atoms with Gasteiger partial charge in [-0.05, 0) is 12.1 Å². The lowest BCUT2D eigenvalue weighted by molar-refractivity contribution is 0.0129. The molecular formula is C8H11F2N3. The van der Waals surface area contributed by atoms with Gasteiger partial charge in [0.1, 0.15) is 11.5 Å². The van der Waals surface area contributed by atoms with Crippen LogP contribution in [0.1, 0.15) is 12.6 Å². The fraction of sp³-hybridized carbons (Fsp3) is 0.375. The molecule has 0 aliphatic carbocycles. The van der Waals surface area contributed by atoms with E-state index in [9.17, 15) is 8.78 Å². The van der Waals surface area contributed by atoms with Gasteiger partial charge in [0.2, 0.25) is 0 Å². The molecule has 0 spiro atoms. The SMILES string of the molecule is CNc1nc(C(C)(F)F)ccc1N. The van der Waals surface area contributed by atoms with Crippen LogP contribution in [0.3, 0.4) is 0 Å². The van der Waals surface area contributed by atoms with Crippen molar-refractivity contribution in [3.05, 3.63) is 17.8 Å². The van der Waals surface area contributed by atoms with Crippen molar-refractivity contribution in [2.24, 2.45) is 0 Å². The number of rotatable bonds is 2. The molecule has 0 fully saturated rings. The molecule has 0 aliphatic rings. The van der Waals surface area contributed by atoms with Gasteiger partial charge in [0.15, 0.2) is 0 Å². The van der Waals surface area contributed by atoms with Crippen molar-refractivity contribution >= 4 is 11.5 Å². The van der Waals surface area contributed by atoms with E-state index in [1.54, 1.807) is 7.05 Å². The zero-order valence-electron chi connectivity index (χ0n) is 7.44. The third-order valence-electron chi connectivity index (χ3n) is 1.61.